The lowest BCUT2D eigenvalue weighted by Crippen LogP contribution is -2.45. The van der Waals surface area contributed by atoms with Gasteiger partial charge in [0.2, 0.25) is 5.91 Å². The van der Waals surface area contributed by atoms with Crippen LogP contribution in [0.3, 0.4) is 0 Å². The van der Waals surface area contributed by atoms with Crippen LogP contribution in [0.2, 0.25) is 0 Å². The van der Waals surface area contributed by atoms with Crippen molar-refractivity contribution in [2.45, 2.75) is 57.1 Å². The molecule has 3 rings (SSSR count). The molecule has 0 bridgehead atoms. The van der Waals surface area contributed by atoms with E-state index in [1.165, 1.54) is 6.42 Å². The van der Waals surface area contributed by atoms with Crippen LogP contribution in [0.1, 0.15) is 51.0 Å². The summed E-state index contributed by atoms with van der Waals surface area (Å²) in [5, 5.41) is 14.6. The van der Waals surface area contributed by atoms with Crippen LogP contribution in [0, 0.1) is 5.92 Å². The number of likely N-dealkylation sites (tertiary alicyclic amines) is 1. The molecular formula is C20H30N2O2. The first kappa shape index (κ1) is 17.4. The van der Waals surface area contributed by atoms with E-state index in [1.807, 2.05) is 35.2 Å². The Kier molecular flexibility index (Phi) is 5.57. The zero-order chi connectivity index (χ0) is 17.0. The van der Waals surface area contributed by atoms with Gasteiger partial charge in [-0.3, -0.25) is 4.79 Å². The van der Waals surface area contributed by atoms with Crippen molar-refractivity contribution in [3.05, 3.63) is 35.9 Å². The average molecular weight is 330 g/mol. The van der Waals surface area contributed by atoms with Gasteiger partial charge < -0.3 is 15.3 Å². The third-order valence-electron chi connectivity index (χ3n) is 5.78. The van der Waals surface area contributed by atoms with E-state index in [1.54, 1.807) is 6.92 Å². The van der Waals surface area contributed by atoms with Crippen LogP contribution in [0.5, 0.6) is 0 Å². The summed E-state index contributed by atoms with van der Waals surface area (Å²) in [6.45, 7) is 4.46. The molecule has 1 amide bonds. The van der Waals surface area contributed by atoms with Crippen molar-refractivity contribution in [1.29, 1.82) is 0 Å². The maximum Gasteiger partial charge on any atom is 0.219 e. The summed E-state index contributed by atoms with van der Waals surface area (Å²) in [6.07, 6.45) is 5.97. The quantitative estimate of drug-likeness (QED) is 0.892. The van der Waals surface area contributed by atoms with Gasteiger partial charge in [0, 0.05) is 26.1 Å². The van der Waals surface area contributed by atoms with Crippen LogP contribution in [-0.2, 0) is 10.4 Å². The second-order valence-corrected chi connectivity index (χ2v) is 7.55. The van der Waals surface area contributed by atoms with Crippen LogP contribution in [0.4, 0.5) is 0 Å². The van der Waals surface area contributed by atoms with Gasteiger partial charge in [-0.1, -0.05) is 30.3 Å². The molecule has 1 atom stereocenters. The Labute approximate surface area is 145 Å². The molecule has 4 heteroatoms. The fourth-order valence-electron chi connectivity index (χ4n) is 4.19. The monoisotopic (exact) mass is 330 g/mol. The molecule has 1 aromatic rings. The molecule has 1 unspecified atom stereocenters. The largest absolute Gasteiger partial charge is 0.385 e. The van der Waals surface area contributed by atoms with Crippen LogP contribution in [0.25, 0.3) is 0 Å². The minimum Gasteiger partial charge on any atom is -0.385 e. The molecule has 0 aromatic heterocycles. The molecule has 1 saturated carbocycles. The highest BCUT2D eigenvalue weighted by Crippen LogP contribution is 2.37. The van der Waals surface area contributed by atoms with Gasteiger partial charge in [0.15, 0.2) is 0 Å². The van der Waals surface area contributed by atoms with E-state index in [-0.39, 0.29) is 5.91 Å². The highest BCUT2D eigenvalue weighted by Gasteiger charge is 2.34. The predicted molar refractivity (Wildman–Crippen MR) is 95.6 cm³/mol. The molecule has 1 aromatic carbocycles. The lowest BCUT2D eigenvalue weighted by Gasteiger charge is -2.38. The number of hydrogen-bond acceptors (Lipinski definition) is 3. The molecule has 0 spiro atoms. The number of aliphatic hydroxyl groups is 1. The Hall–Kier alpha value is -1.39. The SMILES string of the molecule is CC(=O)N1CCCC(CNC2CCC(O)(c3ccccc3)CC2)C1. The van der Waals surface area contributed by atoms with Gasteiger partial charge in [0.1, 0.15) is 0 Å². The van der Waals surface area contributed by atoms with Crippen molar-refractivity contribution in [1.82, 2.24) is 10.2 Å². The summed E-state index contributed by atoms with van der Waals surface area (Å²) < 4.78 is 0. The molecule has 1 aliphatic carbocycles. The number of benzene rings is 1. The lowest BCUT2D eigenvalue weighted by molar-refractivity contribution is -0.130. The predicted octanol–water partition coefficient (Wildman–Crippen LogP) is 2.66. The van der Waals surface area contributed by atoms with Gasteiger partial charge in [-0.2, -0.15) is 0 Å². The van der Waals surface area contributed by atoms with Crippen LogP contribution < -0.4 is 5.32 Å². The van der Waals surface area contributed by atoms with E-state index in [0.29, 0.717) is 12.0 Å². The summed E-state index contributed by atoms with van der Waals surface area (Å²) >= 11 is 0. The summed E-state index contributed by atoms with van der Waals surface area (Å²) in [6, 6.07) is 10.6. The zero-order valence-electron chi connectivity index (χ0n) is 14.7. The molecule has 1 saturated heterocycles. The Morgan fingerprint density at radius 3 is 2.62 bits per heavy atom. The van der Waals surface area contributed by atoms with Crippen LogP contribution in [-0.4, -0.2) is 41.6 Å². The van der Waals surface area contributed by atoms with Gasteiger partial charge >= 0.3 is 0 Å². The van der Waals surface area contributed by atoms with E-state index in [9.17, 15) is 9.90 Å². The topological polar surface area (TPSA) is 52.6 Å². The molecule has 0 radical (unpaired) electrons. The number of amides is 1. The second kappa shape index (κ2) is 7.66. The summed E-state index contributed by atoms with van der Waals surface area (Å²) in [4.78, 5) is 13.5. The summed E-state index contributed by atoms with van der Waals surface area (Å²) in [7, 11) is 0. The average Bonchev–Trinajstić information content (AvgIpc) is 2.62. The van der Waals surface area contributed by atoms with E-state index in [2.05, 4.69) is 5.32 Å². The first-order valence-electron chi connectivity index (χ1n) is 9.34. The normalized spacial score (nSPS) is 31.0. The number of hydrogen-bond donors (Lipinski definition) is 2. The van der Waals surface area contributed by atoms with Crippen molar-refractivity contribution in [3.63, 3.8) is 0 Å². The maximum absolute atomic E-state index is 11.5. The van der Waals surface area contributed by atoms with E-state index in [4.69, 9.17) is 0 Å². The van der Waals surface area contributed by atoms with E-state index < -0.39 is 5.60 Å². The van der Waals surface area contributed by atoms with Crippen molar-refractivity contribution >= 4 is 5.91 Å². The fourth-order valence-corrected chi connectivity index (χ4v) is 4.19. The van der Waals surface area contributed by atoms with Crippen LogP contribution >= 0.6 is 0 Å². The molecule has 4 nitrogen and oxygen atoms in total. The number of carbonyl (C=O) groups excluding carboxylic acids is 1. The number of rotatable bonds is 4. The number of carbonyl (C=O) groups is 1. The van der Waals surface area contributed by atoms with Crippen molar-refractivity contribution in [2.75, 3.05) is 19.6 Å². The molecule has 2 fully saturated rings. The Morgan fingerprint density at radius 1 is 1.25 bits per heavy atom. The fraction of sp³-hybridized carbons (Fsp3) is 0.650. The van der Waals surface area contributed by atoms with Gasteiger partial charge in [-0.25, -0.2) is 0 Å². The Bertz CT molecular complexity index is 538. The molecule has 1 heterocycles. The molecule has 2 N–H and O–H groups in total. The maximum atomic E-state index is 11.5. The lowest BCUT2D eigenvalue weighted by atomic mass is 9.77. The smallest absolute Gasteiger partial charge is 0.219 e. The third-order valence-corrected chi connectivity index (χ3v) is 5.78. The van der Waals surface area contributed by atoms with Gasteiger partial charge in [0.25, 0.3) is 0 Å². The molecule has 2 aliphatic rings. The Morgan fingerprint density at radius 2 is 1.96 bits per heavy atom. The molecule has 1 aliphatic heterocycles. The van der Waals surface area contributed by atoms with Crippen molar-refractivity contribution < 1.29 is 9.90 Å². The summed E-state index contributed by atoms with van der Waals surface area (Å²) in [5.41, 5.74) is 0.392. The standard InChI is InChI=1S/C20H30N2O2/c1-16(23)22-13-5-6-17(15-22)14-21-19-9-11-20(24,12-10-19)18-7-3-2-4-8-18/h2-4,7-8,17,19,21,24H,5-6,9-15H2,1H3. The third kappa shape index (κ3) is 4.17. The number of nitrogens with one attached hydrogen (secondary N) is 1. The summed E-state index contributed by atoms with van der Waals surface area (Å²) in [5.74, 6) is 0.767. The highest BCUT2D eigenvalue weighted by molar-refractivity contribution is 5.73. The first-order valence-corrected chi connectivity index (χ1v) is 9.34. The van der Waals surface area contributed by atoms with Gasteiger partial charge in [-0.15, -0.1) is 0 Å². The molecule has 132 valence electrons. The molecular weight excluding hydrogens is 300 g/mol. The molecule has 24 heavy (non-hydrogen) atoms. The van der Waals surface area contributed by atoms with Gasteiger partial charge in [0.05, 0.1) is 5.60 Å². The second-order valence-electron chi connectivity index (χ2n) is 7.55. The van der Waals surface area contributed by atoms with Crippen molar-refractivity contribution in [3.8, 4) is 0 Å². The number of piperidine rings is 1. The van der Waals surface area contributed by atoms with E-state index >= 15 is 0 Å². The minimum atomic E-state index is -0.657. The Balaban J connectivity index is 1.45. The zero-order valence-corrected chi connectivity index (χ0v) is 14.7. The number of nitrogens with zero attached hydrogens (tertiary/aromatic N) is 1. The van der Waals surface area contributed by atoms with Crippen molar-refractivity contribution in [2.24, 2.45) is 5.92 Å². The van der Waals surface area contributed by atoms with Gasteiger partial charge in [-0.05, 0) is 56.6 Å². The van der Waals surface area contributed by atoms with E-state index in [0.717, 1.165) is 57.3 Å². The highest BCUT2D eigenvalue weighted by atomic mass is 16.3. The first-order chi connectivity index (χ1) is 11.6. The minimum absolute atomic E-state index is 0.199. The van der Waals surface area contributed by atoms with Crippen LogP contribution in [0.15, 0.2) is 30.3 Å².